The minimum atomic E-state index is 0.600. The van der Waals surface area contributed by atoms with Crippen LogP contribution in [0.15, 0.2) is 18.2 Å². The summed E-state index contributed by atoms with van der Waals surface area (Å²) in [5, 5.41) is 0. The summed E-state index contributed by atoms with van der Waals surface area (Å²) in [5.74, 6) is 1.03. The van der Waals surface area contributed by atoms with Crippen LogP contribution in [0.5, 0.6) is 0 Å². The standard InChI is InChI=1S/C22H34N2/c1-18-7-6-10-21(19(18)2)24-16-22(17-24)12-14-23(15-22)13-11-20-8-4-3-5-9-20/h6-7,10,20H,3-5,8-9,11-17H2,1-2H3. The van der Waals surface area contributed by atoms with E-state index in [9.17, 15) is 0 Å². The molecule has 1 spiro atoms. The lowest BCUT2D eigenvalue weighted by Crippen LogP contribution is -2.58. The van der Waals surface area contributed by atoms with Gasteiger partial charge in [0.25, 0.3) is 0 Å². The van der Waals surface area contributed by atoms with Gasteiger partial charge in [-0.25, -0.2) is 0 Å². The highest BCUT2D eigenvalue weighted by Crippen LogP contribution is 2.43. The van der Waals surface area contributed by atoms with Crippen molar-refractivity contribution in [1.82, 2.24) is 4.90 Å². The van der Waals surface area contributed by atoms with Crippen molar-refractivity contribution in [3.05, 3.63) is 29.3 Å². The number of hydrogen-bond acceptors (Lipinski definition) is 2. The molecule has 0 bridgehead atoms. The first-order chi connectivity index (χ1) is 11.7. The largest absolute Gasteiger partial charge is 0.370 e. The molecule has 0 aromatic heterocycles. The topological polar surface area (TPSA) is 6.48 Å². The summed E-state index contributed by atoms with van der Waals surface area (Å²) in [6.45, 7) is 11.1. The fourth-order valence-corrected chi connectivity index (χ4v) is 5.33. The normalized spacial score (nSPS) is 24.5. The molecule has 0 radical (unpaired) electrons. The Morgan fingerprint density at radius 3 is 2.62 bits per heavy atom. The van der Waals surface area contributed by atoms with E-state index in [1.165, 1.54) is 94.5 Å². The third kappa shape index (κ3) is 3.22. The van der Waals surface area contributed by atoms with E-state index >= 15 is 0 Å². The number of hydrogen-bond donors (Lipinski definition) is 0. The van der Waals surface area contributed by atoms with Crippen LogP contribution < -0.4 is 4.90 Å². The first-order valence-corrected chi connectivity index (χ1v) is 10.2. The van der Waals surface area contributed by atoms with Crippen LogP contribution in [0.1, 0.15) is 56.1 Å². The van der Waals surface area contributed by atoms with Crippen LogP contribution in [-0.4, -0.2) is 37.6 Å². The number of nitrogens with zero attached hydrogens (tertiary/aromatic N) is 2. The highest BCUT2D eigenvalue weighted by Gasteiger charge is 2.47. The maximum absolute atomic E-state index is 2.77. The number of likely N-dealkylation sites (tertiary alicyclic amines) is 1. The number of anilines is 1. The van der Waals surface area contributed by atoms with Crippen molar-refractivity contribution in [1.29, 1.82) is 0 Å². The average molecular weight is 327 g/mol. The van der Waals surface area contributed by atoms with Crippen LogP contribution in [0.4, 0.5) is 5.69 Å². The molecule has 24 heavy (non-hydrogen) atoms. The Morgan fingerprint density at radius 1 is 1.04 bits per heavy atom. The first-order valence-electron chi connectivity index (χ1n) is 10.2. The van der Waals surface area contributed by atoms with Gasteiger partial charge in [-0.2, -0.15) is 0 Å². The summed E-state index contributed by atoms with van der Waals surface area (Å²) in [7, 11) is 0. The predicted octanol–water partition coefficient (Wildman–Crippen LogP) is 4.79. The lowest BCUT2D eigenvalue weighted by atomic mass is 9.78. The van der Waals surface area contributed by atoms with Crippen LogP contribution in [0.25, 0.3) is 0 Å². The van der Waals surface area contributed by atoms with Crippen LogP contribution >= 0.6 is 0 Å². The molecule has 0 unspecified atom stereocenters. The zero-order valence-corrected chi connectivity index (χ0v) is 15.7. The highest BCUT2D eigenvalue weighted by molar-refractivity contribution is 5.58. The second kappa shape index (κ2) is 6.71. The van der Waals surface area contributed by atoms with Crippen molar-refractivity contribution < 1.29 is 0 Å². The van der Waals surface area contributed by atoms with Crippen molar-refractivity contribution in [3.8, 4) is 0 Å². The van der Waals surface area contributed by atoms with Gasteiger partial charge < -0.3 is 9.80 Å². The molecule has 2 aliphatic heterocycles. The van der Waals surface area contributed by atoms with E-state index in [0.29, 0.717) is 5.41 Å². The van der Waals surface area contributed by atoms with Gasteiger partial charge in [-0.1, -0.05) is 44.2 Å². The maximum Gasteiger partial charge on any atom is 0.0398 e. The Hall–Kier alpha value is -1.02. The van der Waals surface area contributed by atoms with Gasteiger partial charge in [0.1, 0.15) is 0 Å². The van der Waals surface area contributed by atoms with E-state index in [-0.39, 0.29) is 0 Å². The molecule has 1 aromatic rings. The quantitative estimate of drug-likeness (QED) is 0.785. The van der Waals surface area contributed by atoms with Crippen LogP contribution in [-0.2, 0) is 0 Å². The first kappa shape index (κ1) is 16.4. The Bertz CT molecular complexity index is 567. The van der Waals surface area contributed by atoms with Crippen molar-refractivity contribution in [2.45, 2.75) is 58.8 Å². The molecule has 0 N–H and O–H groups in total. The molecule has 2 saturated heterocycles. The summed E-state index contributed by atoms with van der Waals surface area (Å²) < 4.78 is 0. The van der Waals surface area contributed by atoms with E-state index in [4.69, 9.17) is 0 Å². The van der Waals surface area contributed by atoms with Gasteiger partial charge in [0.15, 0.2) is 0 Å². The second-order valence-corrected chi connectivity index (χ2v) is 8.89. The number of benzene rings is 1. The molecule has 2 heterocycles. The van der Waals surface area contributed by atoms with Crippen LogP contribution in [0.3, 0.4) is 0 Å². The van der Waals surface area contributed by atoms with Gasteiger partial charge in [-0.15, -0.1) is 0 Å². The van der Waals surface area contributed by atoms with E-state index in [1.807, 2.05) is 0 Å². The summed E-state index contributed by atoms with van der Waals surface area (Å²) in [5.41, 5.74) is 4.97. The van der Waals surface area contributed by atoms with Gasteiger partial charge >= 0.3 is 0 Å². The predicted molar refractivity (Wildman–Crippen MR) is 103 cm³/mol. The van der Waals surface area contributed by atoms with Crippen molar-refractivity contribution in [2.24, 2.45) is 11.3 Å². The fourth-order valence-electron chi connectivity index (χ4n) is 5.33. The highest BCUT2D eigenvalue weighted by atomic mass is 15.3. The smallest absolute Gasteiger partial charge is 0.0398 e. The number of aryl methyl sites for hydroxylation is 1. The molecule has 1 aliphatic carbocycles. The second-order valence-electron chi connectivity index (χ2n) is 8.89. The summed E-state index contributed by atoms with van der Waals surface area (Å²) in [4.78, 5) is 5.39. The minimum absolute atomic E-state index is 0.600. The molecule has 3 fully saturated rings. The minimum Gasteiger partial charge on any atom is -0.370 e. The molecule has 1 saturated carbocycles. The Morgan fingerprint density at radius 2 is 1.83 bits per heavy atom. The molecule has 1 aromatic carbocycles. The zero-order chi connectivity index (χ0) is 16.6. The lowest BCUT2D eigenvalue weighted by Gasteiger charge is -2.50. The average Bonchev–Trinajstić information content (AvgIpc) is 3.00. The monoisotopic (exact) mass is 326 g/mol. The van der Waals surface area contributed by atoms with Gasteiger partial charge in [-0.05, 0) is 62.9 Å². The summed E-state index contributed by atoms with van der Waals surface area (Å²) in [6, 6.07) is 6.76. The van der Waals surface area contributed by atoms with E-state index in [2.05, 4.69) is 41.8 Å². The van der Waals surface area contributed by atoms with Crippen molar-refractivity contribution in [3.63, 3.8) is 0 Å². The SMILES string of the molecule is Cc1cccc(N2CC3(CCN(CCC4CCCCC4)C3)C2)c1C. The van der Waals surface area contributed by atoms with Gasteiger partial charge in [0.05, 0.1) is 0 Å². The van der Waals surface area contributed by atoms with E-state index < -0.39 is 0 Å². The van der Waals surface area contributed by atoms with Gasteiger partial charge in [-0.3, -0.25) is 0 Å². The lowest BCUT2D eigenvalue weighted by molar-refractivity contribution is 0.194. The fraction of sp³-hybridized carbons (Fsp3) is 0.727. The molecular weight excluding hydrogens is 292 g/mol. The molecular formula is C22H34N2. The molecule has 3 aliphatic rings. The molecule has 0 atom stereocenters. The van der Waals surface area contributed by atoms with Gasteiger partial charge in [0, 0.05) is 30.7 Å². The number of rotatable bonds is 4. The molecule has 4 rings (SSSR count). The van der Waals surface area contributed by atoms with E-state index in [1.54, 1.807) is 0 Å². The van der Waals surface area contributed by atoms with Gasteiger partial charge in [0.2, 0.25) is 0 Å². The van der Waals surface area contributed by atoms with Crippen molar-refractivity contribution in [2.75, 3.05) is 37.6 Å². The van der Waals surface area contributed by atoms with Crippen LogP contribution in [0.2, 0.25) is 0 Å². The Kier molecular flexibility index (Phi) is 4.60. The molecule has 2 nitrogen and oxygen atoms in total. The maximum atomic E-state index is 2.77. The molecule has 0 amide bonds. The van der Waals surface area contributed by atoms with E-state index in [0.717, 1.165) is 5.92 Å². The molecule has 2 heteroatoms. The summed E-state index contributed by atoms with van der Waals surface area (Å²) in [6.07, 6.45) is 10.3. The Balaban J connectivity index is 1.27. The third-order valence-corrected chi connectivity index (χ3v) is 7.06. The summed E-state index contributed by atoms with van der Waals surface area (Å²) >= 11 is 0. The molecule has 132 valence electrons. The zero-order valence-electron chi connectivity index (χ0n) is 15.7. The Labute approximate surface area is 148 Å². The van der Waals surface area contributed by atoms with Crippen LogP contribution in [0, 0.1) is 25.2 Å². The van der Waals surface area contributed by atoms with Crippen molar-refractivity contribution >= 4 is 5.69 Å². The third-order valence-electron chi connectivity index (χ3n) is 7.06.